The Kier molecular flexibility index (Phi) is 2.52. The maximum atomic E-state index is 11.4. The van der Waals surface area contributed by atoms with Crippen LogP contribution in [0.5, 0.6) is 5.75 Å². The number of hydrogen-bond donors (Lipinski definition) is 1. The number of hydrogen-bond acceptors (Lipinski definition) is 4. The summed E-state index contributed by atoms with van der Waals surface area (Å²) >= 11 is 0. The summed E-state index contributed by atoms with van der Waals surface area (Å²) in [4.78, 5) is 11.4. The van der Waals surface area contributed by atoms with E-state index in [4.69, 9.17) is 9.47 Å². The lowest BCUT2D eigenvalue weighted by Gasteiger charge is -2.37. The molecular formula is C13H15NO3. The quantitative estimate of drug-likeness (QED) is 0.740. The average Bonchev–Trinajstić information content (AvgIpc) is 2.38. The van der Waals surface area contributed by atoms with Crippen molar-refractivity contribution in [2.75, 3.05) is 13.7 Å². The first kappa shape index (κ1) is 10.6. The Morgan fingerprint density at radius 3 is 3.18 bits per heavy atom. The van der Waals surface area contributed by atoms with Crippen LogP contribution in [0, 0.1) is 0 Å². The van der Waals surface area contributed by atoms with Crippen LogP contribution in [0.25, 0.3) is 0 Å². The van der Waals surface area contributed by atoms with Gasteiger partial charge in [0.2, 0.25) is 0 Å². The molecule has 2 atom stereocenters. The van der Waals surface area contributed by atoms with Crippen molar-refractivity contribution < 1.29 is 14.3 Å². The fourth-order valence-electron chi connectivity index (χ4n) is 2.62. The van der Waals surface area contributed by atoms with E-state index in [9.17, 15) is 4.79 Å². The van der Waals surface area contributed by atoms with Crippen LogP contribution in [0.2, 0.25) is 0 Å². The fourth-order valence-corrected chi connectivity index (χ4v) is 2.62. The molecule has 0 amide bonds. The van der Waals surface area contributed by atoms with Gasteiger partial charge in [0.25, 0.3) is 0 Å². The van der Waals surface area contributed by atoms with Crippen molar-refractivity contribution >= 4 is 5.97 Å². The van der Waals surface area contributed by atoms with Crippen LogP contribution in [0.3, 0.4) is 0 Å². The molecule has 1 aromatic rings. The molecule has 1 heterocycles. The SMILES string of the molecule is COc1ccc2c(c1)[C@H]1OC(=O)CNC1CC2. The van der Waals surface area contributed by atoms with E-state index in [0.717, 1.165) is 24.2 Å². The topological polar surface area (TPSA) is 47.6 Å². The molecule has 1 unspecified atom stereocenters. The molecule has 0 radical (unpaired) electrons. The number of carbonyl (C=O) groups excluding carboxylic acids is 1. The van der Waals surface area contributed by atoms with E-state index in [2.05, 4.69) is 11.4 Å². The van der Waals surface area contributed by atoms with Gasteiger partial charge in [-0.3, -0.25) is 4.79 Å². The lowest BCUT2D eigenvalue weighted by Crippen LogP contribution is -2.48. The highest BCUT2D eigenvalue weighted by molar-refractivity contribution is 5.73. The summed E-state index contributed by atoms with van der Waals surface area (Å²) < 4.78 is 10.7. The number of nitrogens with one attached hydrogen (secondary N) is 1. The molecule has 2 aliphatic rings. The largest absolute Gasteiger partial charge is 0.497 e. The molecule has 0 saturated carbocycles. The molecule has 1 saturated heterocycles. The van der Waals surface area contributed by atoms with Crippen LogP contribution in [-0.4, -0.2) is 25.7 Å². The smallest absolute Gasteiger partial charge is 0.320 e. The molecule has 17 heavy (non-hydrogen) atoms. The number of esters is 1. The van der Waals surface area contributed by atoms with Crippen molar-refractivity contribution in [1.82, 2.24) is 5.32 Å². The number of fused-ring (bicyclic) bond motifs is 3. The zero-order chi connectivity index (χ0) is 11.8. The molecule has 4 heteroatoms. The summed E-state index contributed by atoms with van der Waals surface area (Å²) in [5, 5.41) is 3.23. The Morgan fingerprint density at radius 2 is 2.35 bits per heavy atom. The highest BCUT2D eigenvalue weighted by Crippen LogP contribution is 2.36. The number of morpholine rings is 1. The molecule has 0 bridgehead atoms. The van der Waals surface area contributed by atoms with E-state index in [1.54, 1.807) is 7.11 Å². The van der Waals surface area contributed by atoms with Crippen LogP contribution in [-0.2, 0) is 16.0 Å². The van der Waals surface area contributed by atoms with Crippen molar-refractivity contribution in [2.24, 2.45) is 0 Å². The Balaban J connectivity index is 2.00. The lowest BCUT2D eigenvalue weighted by molar-refractivity contribution is -0.155. The molecule has 90 valence electrons. The number of benzene rings is 1. The van der Waals surface area contributed by atoms with Crippen molar-refractivity contribution in [3.8, 4) is 5.75 Å². The monoisotopic (exact) mass is 233 g/mol. The van der Waals surface area contributed by atoms with E-state index in [1.807, 2.05) is 12.1 Å². The van der Waals surface area contributed by atoms with Gasteiger partial charge in [-0.05, 0) is 30.5 Å². The molecule has 1 fully saturated rings. The van der Waals surface area contributed by atoms with Crippen LogP contribution >= 0.6 is 0 Å². The molecule has 4 nitrogen and oxygen atoms in total. The van der Waals surface area contributed by atoms with Crippen molar-refractivity contribution in [3.63, 3.8) is 0 Å². The lowest BCUT2D eigenvalue weighted by atomic mass is 9.85. The molecule has 1 aromatic carbocycles. The second-order valence-corrected chi connectivity index (χ2v) is 4.50. The normalized spacial score (nSPS) is 26.8. The zero-order valence-corrected chi connectivity index (χ0v) is 9.73. The third kappa shape index (κ3) is 1.78. The summed E-state index contributed by atoms with van der Waals surface area (Å²) in [6, 6.07) is 6.24. The summed E-state index contributed by atoms with van der Waals surface area (Å²) in [6.07, 6.45) is 1.87. The zero-order valence-electron chi connectivity index (χ0n) is 9.73. The van der Waals surface area contributed by atoms with E-state index >= 15 is 0 Å². The predicted octanol–water partition coefficient (Wildman–Crippen LogP) is 1.20. The number of aryl methyl sites for hydroxylation is 1. The first-order valence-corrected chi connectivity index (χ1v) is 5.87. The third-order valence-electron chi connectivity index (χ3n) is 3.52. The molecule has 0 spiro atoms. The molecule has 1 N–H and O–H groups in total. The van der Waals surface area contributed by atoms with Crippen molar-refractivity contribution in [3.05, 3.63) is 29.3 Å². The fraction of sp³-hybridized carbons (Fsp3) is 0.462. The maximum Gasteiger partial charge on any atom is 0.320 e. The third-order valence-corrected chi connectivity index (χ3v) is 3.52. The number of methoxy groups -OCH3 is 1. The molecule has 0 aromatic heterocycles. The van der Waals surface area contributed by atoms with Crippen LogP contribution in [0.15, 0.2) is 18.2 Å². The average molecular weight is 233 g/mol. The predicted molar refractivity (Wildman–Crippen MR) is 61.9 cm³/mol. The summed E-state index contributed by atoms with van der Waals surface area (Å²) in [6.45, 7) is 0.320. The van der Waals surface area contributed by atoms with Gasteiger partial charge in [0.1, 0.15) is 11.9 Å². The molecule has 1 aliphatic heterocycles. The van der Waals surface area contributed by atoms with Gasteiger partial charge >= 0.3 is 5.97 Å². The highest BCUT2D eigenvalue weighted by atomic mass is 16.5. The minimum absolute atomic E-state index is 0.157. The summed E-state index contributed by atoms with van der Waals surface area (Å²) in [7, 11) is 1.65. The van der Waals surface area contributed by atoms with Gasteiger partial charge in [-0.15, -0.1) is 0 Å². The van der Waals surface area contributed by atoms with Gasteiger partial charge < -0.3 is 14.8 Å². The van der Waals surface area contributed by atoms with Gasteiger partial charge in [0.15, 0.2) is 0 Å². The van der Waals surface area contributed by atoms with Crippen LogP contribution < -0.4 is 10.1 Å². The first-order valence-electron chi connectivity index (χ1n) is 5.87. The second kappa shape index (κ2) is 4.04. The standard InChI is InChI=1S/C13H15NO3/c1-16-9-4-2-8-3-5-11-13(10(8)6-9)17-12(15)7-14-11/h2,4,6,11,13-14H,3,5,7H2,1H3/t11?,13-/m1/s1. The highest BCUT2D eigenvalue weighted by Gasteiger charge is 2.36. The number of carbonyl (C=O) groups is 1. The number of ether oxygens (including phenoxy) is 2. The van der Waals surface area contributed by atoms with E-state index < -0.39 is 0 Å². The van der Waals surface area contributed by atoms with Crippen molar-refractivity contribution in [2.45, 2.75) is 25.0 Å². The van der Waals surface area contributed by atoms with Gasteiger partial charge in [0.05, 0.1) is 13.7 Å². The summed E-state index contributed by atoms with van der Waals surface area (Å²) in [5.74, 6) is 0.632. The van der Waals surface area contributed by atoms with Crippen LogP contribution in [0.1, 0.15) is 23.7 Å². The van der Waals surface area contributed by atoms with Crippen molar-refractivity contribution in [1.29, 1.82) is 0 Å². The minimum atomic E-state index is -0.179. The Hall–Kier alpha value is -1.55. The Labute approximate surface area is 99.9 Å². The molecule has 1 aliphatic carbocycles. The van der Waals surface area contributed by atoms with E-state index in [0.29, 0.717) is 6.54 Å². The van der Waals surface area contributed by atoms with Gasteiger partial charge in [-0.1, -0.05) is 6.07 Å². The first-order chi connectivity index (χ1) is 8.28. The van der Waals surface area contributed by atoms with Gasteiger partial charge in [0, 0.05) is 11.6 Å². The van der Waals surface area contributed by atoms with E-state index in [-0.39, 0.29) is 18.1 Å². The Morgan fingerprint density at radius 1 is 1.47 bits per heavy atom. The van der Waals surface area contributed by atoms with Gasteiger partial charge in [-0.2, -0.15) is 0 Å². The molecular weight excluding hydrogens is 218 g/mol. The van der Waals surface area contributed by atoms with Crippen LogP contribution in [0.4, 0.5) is 0 Å². The van der Waals surface area contributed by atoms with Gasteiger partial charge in [-0.25, -0.2) is 0 Å². The molecule has 3 rings (SSSR count). The van der Waals surface area contributed by atoms with E-state index in [1.165, 1.54) is 5.56 Å². The minimum Gasteiger partial charge on any atom is -0.497 e. The summed E-state index contributed by atoms with van der Waals surface area (Å²) in [5.41, 5.74) is 2.34. The Bertz CT molecular complexity index is 458. The maximum absolute atomic E-state index is 11.4. The number of rotatable bonds is 1. The second-order valence-electron chi connectivity index (χ2n) is 4.50.